The quantitative estimate of drug-likeness (QED) is 0.912. The van der Waals surface area contributed by atoms with Crippen molar-refractivity contribution in [3.63, 3.8) is 0 Å². The van der Waals surface area contributed by atoms with Gasteiger partial charge in [0.15, 0.2) is 0 Å². The summed E-state index contributed by atoms with van der Waals surface area (Å²) in [6.45, 7) is 5.08. The van der Waals surface area contributed by atoms with Crippen LogP contribution in [0.2, 0.25) is 0 Å². The van der Waals surface area contributed by atoms with E-state index in [0.717, 1.165) is 0 Å². The predicted molar refractivity (Wildman–Crippen MR) is 81.7 cm³/mol. The second-order valence-electron chi connectivity index (χ2n) is 6.38. The molecule has 1 aromatic carbocycles. The number of hydrogen-bond acceptors (Lipinski definition) is 4. The molecule has 2 aromatic rings. The number of benzene rings is 1. The third-order valence-electron chi connectivity index (χ3n) is 4.26. The first-order valence-corrected chi connectivity index (χ1v) is 7.42. The monoisotopic (exact) mass is 300 g/mol. The number of likely N-dealkylation sites (tertiary alicyclic amines) is 1. The second kappa shape index (κ2) is 5.53. The van der Waals surface area contributed by atoms with Gasteiger partial charge in [0.1, 0.15) is 0 Å². The van der Waals surface area contributed by atoms with Crippen LogP contribution >= 0.6 is 0 Å². The smallest absolute Gasteiger partial charge is 0.256 e. The van der Waals surface area contributed by atoms with E-state index in [1.807, 2.05) is 36.9 Å². The summed E-state index contributed by atoms with van der Waals surface area (Å²) in [5.41, 5.74) is 1.02. The highest BCUT2D eigenvalue weighted by Crippen LogP contribution is 2.30. The minimum atomic E-state index is -0.373. The molecule has 0 bridgehead atoms. The van der Waals surface area contributed by atoms with Gasteiger partial charge >= 0.3 is 0 Å². The summed E-state index contributed by atoms with van der Waals surface area (Å²) < 4.78 is 1.59. The zero-order chi connectivity index (χ0) is 15.7. The molecule has 3 rings (SSSR count). The number of aliphatic hydroxyl groups is 1. The Kier molecular flexibility index (Phi) is 3.70. The van der Waals surface area contributed by atoms with E-state index in [-0.39, 0.29) is 17.4 Å². The highest BCUT2D eigenvalue weighted by molar-refractivity contribution is 5.97. The Morgan fingerprint density at radius 2 is 2.14 bits per heavy atom. The van der Waals surface area contributed by atoms with Crippen LogP contribution in [0.4, 0.5) is 0 Å². The van der Waals surface area contributed by atoms with Crippen LogP contribution in [0.1, 0.15) is 30.6 Å². The molecule has 2 heterocycles. The number of para-hydroxylation sites is 1. The van der Waals surface area contributed by atoms with Gasteiger partial charge in [-0.05, 0) is 18.6 Å². The van der Waals surface area contributed by atoms with E-state index in [4.69, 9.17) is 0 Å². The summed E-state index contributed by atoms with van der Waals surface area (Å²) in [4.78, 5) is 14.7. The molecular formula is C16H20N4O2. The lowest BCUT2D eigenvalue weighted by Crippen LogP contribution is -2.50. The van der Waals surface area contributed by atoms with Crippen molar-refractivity contribution in [3.8, 4) is 5.69 Å². The average Bonchev–Trinajstić information content (AvgIpc) is 3.03. The van der Waals surface area contributed by atoms with Gasteiger partial charge < -0.3 is 10.0 Å². The van der Waals surface area contributed by atoms with Crippen LogP contribution in [0, 0.1) is 5.41 Å². The molecule has 0 aliphatic carbocycles. The van der Waals surface area contributed by atoms with Gasteiger partial charge in [0.25, 0.3) is 5.91 Å². The van der Waals surface area contributed by atoms with Crippen LogP contribution in [-0.4, -0.2) is 50.1 Å². The molecule has 6 nitrogen and oxygen atoms in total. The fourth-order valence-electron chi connectivity index (χ4n) is 2.88. The molecule has 0 saturated carbocycles. The number of hydrogen-bond donors (Lipinski definition) is 1. The Balaban J connectivity index is 1.91. The normalized spacial score (nSPS) is 20.9. The molecular weight excluding hydrogens is 280 g/mol. The van der Waals surface area contributed by atoms with Gasteiger partial charge in [-0.1, -0.05) is 31.2 Å². The number of aromatic nitrogens is 3. The summed E-state index contributed by atoms with van der Waals surface area (Å²) in [7, 11) is 0. The fraction of sp³-hybridized carbons (Fsp3) is 0.438. The van der Waals surface area contributed by atoms with Crippen molar-refractivity contribution in [2.45, 2.75) is 26.4 Å². The number of aliphatic hydroxyl groups excluding tert-OH is 1. The highest BCUT2D eigenvalue weighted by Gasteiger charge is 2.37. The Morgan fingerprint density at radius 1 is 1.36 bits per heavy atom. The van der Waals surface area contributed by atoms with E-state index in [0.29, 0.717) is 30.8 Å². The molecule has 1 N–H and O–H groups in total. The van der Waals surface area contributed by atoms with Crippen molar-refractivity contribution in [1.82, 2.24) is 19.9 Å². The largest absolute Gasteiger partial charge is 0.392 e. The number of amides is 1. The SMILES string of the molecule is CC1(C)CN(C(=O)c2ccccc2-n2ccnn2)CC[C@@H]1O. The summed E-state index contributed by atoms with van der Waals surface area (Å²) in [5.74, 6) is -0.0360. The predicted octanol–water partition coefficient (Wildman–Crippen LogP) is 1.50. The molecule has 1 saturated heterocycles. The number of carbonyl (C=O) groups is 1. The van der Waals surface area contributed by atoms with Crippen molar-refractivity contribution >= 4 is 5.91 Å². The minimum Gasteiger partial charge on any atom is -0.392 e. The molecule has 1 fully saturated rings. The standard InChI is InChI=1S/C16H20N4O2/c1-16(2)11-19(9-7-14(16)21)15(22)12-5-3-4-6-13(12)20-10-8-17-18-20/h3-6,8,10,14,21H,7,9,11H2,1-2H3/t14-/m0/s1. The molecule has 1 amide bonds. The lowest BCUT2D eigenvalue weighted by molar-refractivity contribution is -0.0182. The Bertz CT molecular complexity index is 667. The summed E-state index contributed by atoms with van der Waals surface area (Å²) >= 11 is 0. The van der Waals surface area contributed by atoms with E-state index in [9.17, 15) is 9.90 Å². The van der Waals surface area contributed by atoms with Crippen molar-refractivity contribution in [2.75, 3.05) is 13.1 Å². The van der Waals surface area contributed by atoms with Crippen molar-refractivity contribution in [3.05, 3.63) is 42.2 Å². The Hall–Kier alpha value is -2.21. The maximum absolute atomic E-state index is 12.9. The lowest BCUT2D eigenvalue weighted by atomic mass is 9.81. The average molecular weight is 300 g/mol. The van der Waals surface area contributed by atoms with Gasteiger partial charge in [-0.3, -0.25) is 4.79 Å². The number of carbonyl (C=O) groups excluding carboxylic acids is 1. The summed E-state index contributed by atoms with van der Waals surface area (Å²) in [6, 6.07) is 7.37. The highest BCUT2D eigenvalue weighted by atomic mass is 16.3. The molecule has 1 aliphatic heterocycles. The first kappa shape index (κ1) is 14.7. The zero-order valence-corrected chi connectivity index (χ0v) is 12.8. The summed E-state index contributed by atoms with van der Waals surface area (Å²) in [5, 5.41) is 17.8. The summed E-state index contributed by atoms with van der Waals surface area (Å²) in [6.07, 6.45) is 3.53. The third kappa shape index (κ3) is 2.62. The number of piperidine rings is 1. The zero-order valence-electron chi connectivity index (χ0n) is 12.8. The van der Waals surface area contributed by atoms with E-state index < -0.39 is 0 Å². The van der Waals surface area contributed by atoms with Crippen LogP contribution in [0.3, 0.4) is 0 Å². The molecule has 0 spiro atoms. The first-order valence-electron chi connectivity index (χ1n) is 7.42. The minimum absolute atomic E-state index is 0.0360. The van der Waals surface area contributed by atoms with Crippen molar-refractivity contribution in [1.29, 1.82) is 0 Å². The van der Waals surface area contributed by atoms with Gasteiger partial charge in [-0.25, -0.2) is 4.68 Å². The van der Waals surface area contributed by atoms with E-state index in [2.05, 4.69) is 10.3 Å². The fourth-order valence-corrected chi connectivity index (χ4v) is 2.88. The molecule has 116 valence electrons. The molecule has 1 aliphatic rings. The molecule has 0 unspecified atom stereocenters. The first-order chi connectivity index (χ1) is 10.5. The van der Waals surface area contributed by atoms with Crippen LogP contribution in [0.5, 0.6) is 0 Å². The van der Waals surface area contributed by atoms with Crippen molar-refractivity contribution < 1.29 is 9.90 Å². The maximum atomic E-state index is 12.9. The van der Waals surface area contributed by atoms with Gasteiger partial charge in [0.05, 0.1) is 29.7 Å². The molecule has 0 radical (unpaired) electrons. The maximum Gasteiger partial charge on any atom is 0.256 e. The third-order valence-corrected chi connectivity index (χ3v) is 4.26. The van der Waals surface area contributed by atoms with Gasteiger partial charge in [0.2, 0.25) is 0 Å². The van der Waals surface area contributed by atoms with Crippen LogP contribution in [-0.2, 0) is 0 Å². The van der Waals surface area contributed by atoms with E-state index >= 15 is 0 Å². The Labute approximate surface area is 129 Å². The van der Waals surface area contributed by atoms with Gasteiger partial charge in [-0.15, -0.1) is 5.10 Å². The van der Waals surface area contributed by atoms with Gasteiger partial charge in [-0.2, -0.15) is 0 Å². The van der Waals surface area contributed by atoms with Gasteiger partial charge in [0, 0.05) is 18.5 Å². The molecule has 1 atom stereocenters. The van der Waals surface area contributed by atoms with Crippen LogP contribution in [0.25, 0.3) is 5.69 Å². The lowest BCUT2D eigenvalue weighted by Gasteiger charge is -2.41. The van der Waals surface area contributed by atoms with E-state index in [1.165, 1.54) is 0 Å². The van der Waals surface area contributed by atoms with Crippen molar-refractivity contribution in [2.24, 2.45) is 5.41 Å². The second-order valence-corrected chi connectivity index (χ2v) is 6.38. The number of rotatable bonds is 2. The number of nitrogens with zero attached hydrogens (tertiary/aromatic N) is 4. The Morgan fingerprint density at radius 3 is 2.82 bits per heavy atom. The topological polar surface area (TPSA) is 71.2 Å². The van der Waals surface area contributed by atoms with Crippen LogP contribution < -0.4 is 0 Å². The molecule has 22 heavy (non-hydrogen) atoms. The van der Waals surface area contributed by atoms with Crippen LogP contribution in [0.15, 0.2) is 36.7 Å². The van der Waals surface area contributed by atoms with E-state index in [1.54, 1.807) is 23.1 Å². The molecule has 6 heteroatoms. The molecule has 1 aromatic heterocycles.